The Morgan fingerprint density at radius 1 is 1.21 bits per heavy atom. The molecule has 96 valence electrons. The fourth-order valence-electron chi connectivity index (χ4n) is 1.61. The number of hydrogen-bond donors (Lipinski definition) is 0. The maximum absolute atomic E-state index is 11.2. The maximum Gasteiger partial charge on any atom is 0.277 e. The van der Waals surface area contributed by atoms with E-state index in [2.05, 4.69) is 15.9 Å². The molecule has 0 saturated heterocycles. The van der Waals surface area contributed by atoms with Crippen LogP contribution in [-0.2, 0) is 0 Å². The lowest BCUT2D eigenvalue weighted by Crippen LogP contribution is -1.97. The highest BCUT2D eigenvalue weighted by molar-refractivity contribution is 9.10. The van der Waals surface area contributed by atoms with Gasteiger partial charge in [-0.3, -0.25) is 10.1 Å². The molecule has 2 rings (SSSR count). The van der Waals surface area contributed by atoms with Crippen molar-refractivity contribution in [3.05, 3.63) is 79.3 Å². The van der Waals surface area contributed by atoms with Crippen LogP contribution in [0.1, 0.15) is 11.1 Å². The van der Waals surface area contributed by atoms with Gasteiger partial charge in [0.15, 0.2) is 0 Å². The van der Waals surface area contributed by atoms with Gasteiger partial charge < -0.3 is 0 Å². The Bertz CT molecular complexity index is 641. The van der Waals surface area contributed by atoms with E-state index in [-0.39, 0.29) is 5.70 Å². The van der Waals surface area contributed by atoms with Gasteiger partial charge in [-0.05, 0) is 45.8 Å². The summed E-state index contributed by atoms with van der Waals surface area (Å²) < 4.78 is 0.707. The highest BCUT2D eigenvalue weighted by atomic mass is 79.9. The standard InChI is InChI=1S/C14H9BrClNO2/c15-12-8-10(6-7-13(12)16)9-14(17(18)19)11-4-2-1-3-5-11/h1-9H/b14-9+. The van der Waals surface area contributed by atoms with E-state index < -0.39 is 4.92 Å². The quantitative estimate of drug-likeness (QED) is 0.455. The molecule has 0 amide bonds. The lowest BCUT2D eigenvalue weighted by Gasteiger charge is -2.01. The van der Waals surface area contributed by atoms with Gasteiger partial charge in [0.1, 0.15) is 0 Å². The molecule has 19 heavy (non-hydrogen) atoms. The van der Waals surface area contributed by atoms with Crippen LogP contribution in [0.15, 0.2) is 53.0 Å². The first-order chi connectivity index (χ1) is 9.08. The normalized spacial score (nSPS) is 11.4. The molecule has 0 bridgehead atoms. The summed E-state index contributed by atoms with van der Waals surface area (Å²) in [7, 11) is 0. The summed E-state index contributed by atoms with van der Waals surface area (Å²) in [6.45, 7) is 0. The van der Waals surface area contributed by atoms with Gasteiger partial charge in [0.2, 0.25) is 0 Å². The Hall–Kier alpha value is -1.65. The first-order valence-electron chi connectivity index (χ1n) is 5.44. The van der Waals surface area contributed by atoms with E-state index in [9.17, 15) is 10.1 Å². The SMILES string of the molecule is O=[N+]([O-])/C(=C/c1ccc(Cl)c(Br)c1)c1ccccc1. The van der Waals surface area contributed by atoms with Crippen LogP contribution in [0.5, 0.6) is 0 Å². The molecule has 5 heteroatoms. The molecule has 0 saturated carbocycles. The molecule has 0 aliphatic rings. The van der Waals surface area contributed by atoms with Crippen molar-refractivity contribution >= 4 is 39.3 Å². The molecule has 0 unspecified atom stereocenters. The third kappa shape index (κ3) is 3.43. The lowest BCUT2D eigenvalue weighted by atomic mass is 10.1. The van der Waals surface area contributed by atoms with E-state index in [0.29, 0.717) is 20.6 Å². The number of nitrogens with zero attached hydrogens (tertiary/aromatic N) is 1. The first-order valence-corrected chi connectivity index (χ1v) is 6.61. The average molecular weight is 339 g/mol. The molecular formula is C14H9BrClNO2. The molecule has 2 aromatic carbocycles. The van der Waals surface area contributed by atoms with Gasteiger partial charge in [-0.25, -0.2) is 0 Å². The summed E-state index contributed by atoms with van der Waals surface area (Å²) in [5.74, 6) is 0. The van der Waals surface area contributed by atoms with Crippen LogP contribution in [0.25, 0.3) is 11.8 Å². The van der Waals surface area contributed by atoms with E-state index in [1.54, 1.807) is 42.5 Å². The van der Waals surface area contributed by atoms with Gasteiger partial charge >= 0.3 is 0 Å². The Morgan fingerprint density at radius 2 is 1.89 bits per heavy atom. The minimum Gasteiger partial charge on any atom is -0.258 e. The third-order valence-electron chi connectivity index (χ3n) is 2.51. The number of hydrogen-bond acceptors (Lipinski definition) is 2. The van der Waals surface area contributed by atoms with Crippen LogP contribution in [0, 0.1) is 10.1 Å². The van der Waals surface area contributed by atoms with E-state index in [1.165, 1.54) is 6.08 Å². The number of rotatable bonds is 3. The summed E-state index contributed by atoms with van der Waals surface area (Å²) in [6.07, 6.45) is 1.52. The second-order valence-corrected chi connectivity index (χ2v) is 5.09. The minimum atomic E-state index is -0.391. The van der Waals surface area contributed by atoms with E-state index in [1.807, 2.05) is 6.07 Å². The Kier molecular flexibility index (Phi) is 4.35. The van der Waals surface area contributed by atoms with Crippen LogP contribution >= 0.6 is 27.5 Å². The van der Waals surface area contributed by atoms with Gasteiger partial charge in [-0.15, -0.1) is 0 Å². The summed E-state index contributed by atoms with van der Waals surface area (Å²) in [5, 5.41) is 11.7. The predicted octanol–water partition coefficient (Wildman–Crippen LogP) is 4.88. The highest BCUT2D eigenvalue weighted by Crippen LogP contribution is 2.26. The summed E-state index contributed by atoms with van der Waals surface area (Å²) >= 11 is 9.19. The first kappa shape index (κ1) is 13.8. The minimum absolute atomic E-state index is 0.0508. The van der Waals surface area contributed by atoms with Crippen molar-refractivity contribution in [3.63, 3.8) is 0 Å². The fraction of sp³-hybridized carbons (Fsp3) is 0. The monoisotopic (exact) mass is 337 g/mol. The molecule has 0 aromatic heterocycles. The molecule has 0 aliphatic carbocycles. The van der Waals surface area contributed by atoms with Gasteiger partial charge in [-0.1, -0.05) is 35.9 Å². The van der Waals surface area contributed by atoms with Crippen molar-refractivity contribution < 1.29 is 4.92 Å². The van der Waals surface area contributed by atoms with Gasteiger partial charge in [0.05, 0.1) is 15.5 Å². The van der Waals surface area contributed by atoms with Crippen molar-refractivity contribution in [3.8, 4) is 0 Å². The molecule has 0 heterocycles. The molecule has 0 atom stereocenters. The smallest absolute Gasteiger partial charge is 0.258 e. The summed E-state index contributed by atoms with van der Waals surface area (Å²) in [6, 6.07) is 13.9. The molecule has 0 N–H and O–H groups in total. The van der Waals surface area contributed by atoms with Crippen molar-refractivity contribution in [2.75, 3.05) is 0 Å². The number of benzene rings is 2. The molecule has 0 radical (unpaired) electrons. The van der Waals surface area contributed by atoms with Crippen molar-refractivity contribution in [1.82, 2.24) is 0 Å². The predicted molar refractivity (Wildman–Crippen MR) is 80.5 cm³/mol. The number of halogens is 2. The lowest BCUT2D eigenvalue weighted by molar-refractivity contribution is -0.374. The van der Waals surface area contributed by atoms with Crippen molar-refractivity contribution in [2.45, 2.75) is 0 Å². The van der Waals surface area contributed by atoms with Gasteiger partial charge in [0, 0.05) is 10.5 Å². The zero-order valence-electron chi connectivity index (χ0n) is 9.72. The zero-order valence-corrected chi connectivity index (χ0v) is 12.1. The van der Waals surface area contributed by atoms with Crippen LogP contribution in [0.3, 0.4) is 0 Å². The van der Waals surface area contributed by atoms with Crippen LogP contribution < -0.4 is 0 Å². The molecule has 0 aliphatic heterocycles. The van der Waals surface area contributed by atoms with Crippen LogP contribution in [0.4, 0.5) is 0 Å². The van der Waals surface area contributed by atoms with Gasteiger partial charge in [-0.2, -0.15) is 0 Å². The molecule has 2 aromatic rings. The van der Waals surface area contributed by atoms with Crippen LogP contribution in [-0.4, -0.2) is 4.92 Å². The summed E-state index contributed by atoms with van der Waals surface area (Å²) in [4.78, 5) is 10.8. The second-order valence-electron chi connectivity index (χ2n) is 3.83. The molecule has 3 nitrogen and oxygen atoms in total. The number of nitro groups is 1. The second kappa shape index (κ2) is 5.99. The molecular weight excluding hydrogens is 330 g/mol. The fourth-order valence-corrected chi connectivity index (χ4v) is 2.12. The topological polar surface area (TPSA) is 43.1 Å². The van der Waals surface area contributed by atoms with Gasteiger partial charge in [0.25, 0.3) is 5.70 Å². The molecule has 0 fully saturated rings. The maximum atomic E-state index is 11.2. The average Bonchev–Trinajstić information content (AvgIpc) is 2.40. The van der Waals surface area contributed by atoms with E-state index in [0.717, 1.165) is 0 Å². The largest absolute Gasteiger partial charge is 0.277 e. The summed E-state index contributed by atoms with van der Waals surface area (Å²) in [5.41, 5.74) is 1.33. The van der Waals surface area contributed by atoms with Crippen molar-refractivity contribution in [2.24, 2.45) is 0 Å². The Labute approximate surface area is 123 Å². The van der Waals surface area contributed by atoms with E-state index in [4.69, 9.17) is 11.6 Å². The van der Waals surface area contributed by atoms with Crippen LogP contribution in [0.2, 0.25) is 5.02 Å². The Balaban J connectivity index is 2.47. The molecule has 0 spiro atoms. The van der Waals surface area contributed by atoms with Crippen molar-refractivity contribution in [1.29, 1.82) is 0 Å². The highest BCUT2D eigenvalue weighted by Gasteiger charge is 2.13. The Morgan fingerprint density at radius 3 is 2.47 bits per heavy atom. The zero-order chi connectivity index (χ0) is 13.8. The van der Waals surface area contributed by atoms with E-state index >= 15 is 0 Å². The third-order valence-corrected chi connectivity index (χ3v) is 3.73.